The van der Waals surface area contributed by atoms with Gasteiger partial charge in [-0.15, -0.1) is 0 Å². The lowest BCUT2D eigenvalue weighted by molar-refractivity contribution is -0.137. The molecule has 3 aromatic carbocycles. The van der Waals surface area contributed by atoms with Crippen molar-refractivity contribution in [3.8, 4) is 0 Å². The van der Waals surface area contributed by atoms with E-state index in [-0.39, 0.29) is 0 Å². The summed E-state index contributed by atoms with van der Waals surface area (Å²) in [5.74, 6) is 2.53. The summed E-state index contributed by atoms with van der Waals surface area (Å²) in [6.07, 6.45) is -1.74. The Hall–Kier alpha value is -2.40. The van der Waals surface area contributed by atoms with E-state index in [1.54, 1.807) is 0 Å². The zero-order chi connectivity index (χ0) is 20.4. The van der Waals surface area contributed by atoms with Crippen LogP contribution in [-0.4, -0.2) is 11.5 Å². The first-order valence-corrected chi connectivity index (χ1v) is 11.3. The third kappa shape index (κ3) is 4.45. The number of alkyl halides is 3. The van der Waals surface area contributed by atoms with E-state index >= 15 is 0 Å². The summed E-state index contributed by atoms with van der Waals surface area (Å²) in [5.41, 5.74) is 3.08. The second kappa shape index (κ2) is 8.15. The first kappa shape index (κ1) is 19.9. The van der Waals surface area contributed by atoms with E-state index in [0.717, 1.165) is 29.1 Å². The van der Waals surface area contributed by atoms with Crippen LogP contribution in [0.2, 0.25) is 0 Å². The number of halogens is 3. The summed E-state index contributed by atoms with van der Waals surface area (Å²) in [6.45, 7) is 2.02. The van der Waals surface area contributed by atoms with E-state index in [1.165, 1.54) is 41.4 Å². The Morgan fingerprint density at radius 2 is 1.14 bits per heavy atom. The van der Waals surface area contributed by atoms with Gasteiger partial charge in [0, 0.05) is 28.0 Å². The van der Waals surface area contributed by atoms with Crippen molar-refractivity contribution < 1.29 is 13.2 Å². The third-order valence-corrected chi connectivity index (χ3v) is 7.71. The van der Waals surface area contributed by atoms with Crippen LogP contribution in [0.25, 0.3) is 0 Å². The van der Waals surface area contributed by atoms with Crippen LogP contribution in [0, 0.1) is 6.92 Å². The number of anilines is 3. The zero-order valence-electron chi connectivity index (χ0n) is 16.2. The number of rotatable bonds is 4. The van der Waals surface area contributed by atoms with Crippen LogP contribution in [0.4, 0.5) is 30.2 Å². The minimum absolute atomic E-state index is 0.339. The van der Waals surface area contributed by atoms with Crippen molar-refractivity contribution in [3.63, 3.8) is 0 Å². The molecule has 0 unspecified atom stereocenters. The number of hydrogen-bond acceptors (Lipinski definition) is 1. The van der Waals surface area contributed by atoms with Crippen molar-refractivity contribution >= 4 is 28.0 Å². The molecule has 1 fully saturated rings. The molecule has 0 spiro atoms. The molecule has 3 aromatic rings. The van der Waals surface area contributed by atoms with Gasteiger partial charge in [0.2, 0.25) is 0 Å². The van der Waals surface area contributed by atoms with Gasteiger partial charge in [0.05, 0.1) is 5.56 Å². The fourth-order valence-electron chi connectivity index (χ4n) is 3.62. The Balaban J connectivity index is 1.71. The molecule has 5 heteroatoms. The average Bonchev–Trinajstić information content (AvgIpc) is 3.25. The first-order valence-electron chi connectivity index (χ1n) is 9.73. The molecule has 150 valence electrons. The van der Waals surface area contributed by atoms with Crippen LogP contribution in [0.1, 0.15) is 24.0 Å². The van der Waals surface area contributed by atoms with E-state index in [9.17, 15) is 13.2 Å². The Morgan fingerprint density at radius 3 is 1.62 bits per heavy atom. The van der Waals surface area contributed by atoms with E-state index in [1.807, 2.05) is 36.1 Å². The minimum atomic E-state index is -4.34. The largest absolute Gasteiger partial charge is 0.416 e. The molecule has 1 saturated heterocycles. The smallest absolute Gasteiger partial charge is 0.310 e. The van der Waals surface area contributed by atoms with Crippen molar-refractivity contribution in [2.75, 3.05) is 16.4 Å². The predicted molar refractivity (Wildman–Crippen MR) is 115 cm³/mol. The van der Waals surface area contributed by atoms with Crippen molar-refractivity contribution in [1.82, 2.24) is 0 Å². The number of hydrogen-bond donors (Lipinski definition) is 0. The van der Waals surface area contributed by atoms with Gasteiger partial charge < -0.3 is 4.90 Å². The first-order chi connectivity index (χ1) is 13.9. The molecule has 0 amide bonds. The van der Waals surface area contributed by atoms with Crippen molar-refractivity contribution in [2.24, 2.45) is 0 Å². The summed E-state index contributed by atoms with van der Waals surface area (Å²) in [7, 11) is 0.339. The highest BCUT2D eigenvalue weighted by molar-refractivity contribution is 7.97. The highest BCUT2D eigenvalue weighted by Gasteiger charge is 2.30. The highest BCUT2D eigenvalue weighted by atomic mass is 32.2. The minimum Gasteiger partial charge on any atom is -0.310 e. The fraction of sp³-hybridized carbons (Fsp3) is 0.250. The molecule has 1 aliphatic rings. The van der Waals surface area contributed by atoms with Crippen LogP contribution in [0.5, 0.6) is 0 Å². The molecular formula is C24H23F3NS+. The maximum absolute atomic E-state index is 13.0. The van der Waals surface area contributed by atoms with Crippen molar-refractivity contribution in [3.05, 3.63) is 83.9 Å². The molecule has 0 aromatic heterocycles. The second-order valence-electron chi connectivity index (χ2n) is 7.32. The molecular weight excluding hydrogens is 391 g/mol. The van der Waals surface area contributed by atoms with Crippen LogP contribution in [-0.2, 0) is 17.1 Å². The van der Waals surface area contributed by atoms with Gasteiger partial charge in [0.25, 0.3) is 0 Å². The molecule has 0 saturated carbocycles. The molecule has 29 heavy (non-hydrogen) atoms. The molecule has 0 N–H and O–H groups in total. The lowest BCUT2D eigenvalue weighted by Gasteiger charge is -2.26. The quantitative estimate of drug-likeness (QED) is 0.406. The molecule has 4 rings (SSSR count). The maximum Gasteiger partial charge on any atom is 0.416 e. The summed E-state index contributed by atoms with van der Waals surface area (Å²) in [6, 6.07) is 21.9. The molecule has 1 nitrogen and oxygen atoms in total. The molecule has 0 aliphatic carbocycles. The van der Waals surface area contributed by atoms with E-state index in [4.69, 9.17) is 0 Å². The normalized spacial score (nSPS) is 14.9. The van der Waals surface area contributed by atoms with Gasteiger partial charge in [0.1, 0.15) is 11.5 Å². The van der Waals surface area contributed by atoms with Crippen molar-refractivity contribution in [2.45, 2.75) is 30.8 Å². The highest BCUT2D eigenvalue weighted by Crippen LogP contribution is 2.37. The lowest BCUT2D eigenvalue weighted by atomic mass is 10.1. The summed E-state index contributed by atoms with van der Waals surface area (Å²) >= 11 is 0. The summed E-state index contributed by atoms with van der Waals surface area (Å²) in [5, 5.41) is 0. The SMILES string of the molecule is Cc1ccc(N(c2ccc([S+]3CCCC3)cc2)c2ccc(C(F)(F)F)cc2)cc1. The van der Waals surface area contributed by atoms with Crippen molar-refractivity contribution in [1.29, 1.82) is 0 Å². The monoisotopic (exact) mass is 414 g/mol. The molecule has 1 aliphatic heterocycles. The van der Waals surface area contributed by atoms with Crippen LogP contribution in [0.15, 0.2) is 77.7 Å². The Morgan fingerprint density at radius 1 is 0.690 bits per heavy atom. The Labute approximate surface area is 172 Å². The van der Waals surface area contributed by atoms with Gasteiger partial charge >= 0.3 is 6.18 Å². The van der Waals surface area contributed by atoms with E-state index in [2.05, 4.69) is 24.3 Å². The molecule has 0 radical (unpaired) electrons. The van der Waals surface area contributed by atoms with Crippen LogP contribution >= 0.6 is 0 Å². The molecule has 0 atom stereocenters. The average molecular weight is 415 g/mol. The third-order valence-electron chi connectivity index (χ3n) is 5.20. The van der Waals surface area contributed by atoms with E-state index < -0.39 is 11.7 Å². The topological polar surface area (TPSA) is 3.24 Å². The number of benzene rings is 3. The van der Waals surface area contributed by atoms with Gasteiger partial charge in [-0.3, -0.25) is 0 Å². The summed E-state index contributed by atoms with van der Waals surface area (Å²) in [4.78, 5) is 3.38. The second-order valence-corrected chi connectivity index (χ2v) is 9.59. The van der Waals surface area contributed by atoms with Gasteiger partial charge in [-0.1, -0.05) is 17.7 Å². The van der Waals surface area contributed by atoms with Crippen LogP contribution in [0.3, 0.4) is 0 Å². The van der Waals surface area contributed by atoms with Gasteiger partial charge in [-0.2, -0.15) is 13.2 Å². The lowest BCUT2D eigenvalue weighted by Crippen LogP contribution is -2.11. The van der Waals surface area contributed by atoms with Crippen LogP contribution < -0.4 is 4.90 Å². The molecule has 1 heterocycles. The molecule has 0 bridgehead atoms. The van der Waals surface area contributed by atoms with E-state index in [0.29, 0.717) is 16.6 Å². The predicted octanol–water partition coefficient (Wildman–Crippen LogP) is 7.25. The fourth-order valence-corrected chi connectivity index (χ4v) is 5.92. The maximum atomic E-state index is 13.0. The number of aryl methyl sites for hydroxylation is 1. The summed E-state index contributed by atoms with van der Waals surface area (Å²) < 4.78 is 39.0. The number of nitrogens with zero attached hydrogens (tertiary/aromatic N) is 1. The zero-order valence-corrected chi connectivity index (χ0v) is 17.1. The van der Waals surface area contributed by atoms with Gasteiger partial charge in [-0.25, -0.2) is 0 Å². The standard InChI is InChI=1S/C24H23F3NS/c1-18-4-8-20(9-5-18)28(21-10-6-19(7-11-21)24(25,26)27)22-12-14-23(15-13-22)29-16-2-3-17-29/h4-15H,2-3,16-17H2,1H3/q+1. The van der Waals surface area contributed by atoms with Gasteiger partial charge in [-0.05, 0) is 80.4 Å². The Bertz CT molecular complexity index is 941. The van der Waals surface area contributed by atoms with Gasteiger partial charge in [0.15, 0.2) is 4.90 Å². The Kier molecular flexibility index (Phi) is 5.59.